The summed E-state index contributed by atoms with van der Waals surface area (Å²) in [4.78, 5) is 2.57. The molecule has 1 N–H and O–H groups in total. The smallest absolute Gasteiger partial charge is 0.0415 e. The number of nitrogens with zero attached hydrogens (tertiary/aromatic N) is 1. The third-order valence-corrected chi connectivity index (χ3v) is 5.17. The molecule has 0 amide bonds. The van der Waals surface area contributed by atoms with Crippen molar-refractivity contribution < 1.29 is 0 Å². The van der Waals surface area contributed by atoms with Crippen LogP contribution >= 0.6 is 11.8 Å². The third-order valence-electron chi connectivity index (χ3n) is 3.87. The number of thioether (sulfide) groups is 1. The SMILES string of the molecule is CCCNC(C)c1ccccc1N1CCSC(C)(C)C1. The van der Waals surface area contributed by atoms with Crippen molar-refractivity contribution in [2.45, 2.75) is 44.9 Å². The Balaban J connectivity index is 2.18. The largest absolute Gasteiger partial charge is 0.369 e. The summed E-state index contributed by atoms with van der Waals surface area (Å²) in [6.45, 7) is 12.6. The van der Waals surface area contributed by atoms with E-state index in [0.29, 0.717) is 10.8 Å². The van der Waals surface area contributed by atoms with Crippen LogP contribution in [0.2, 0.25) is 0 Å². The molecule has 1 fully saturated rings. The highest BCUT2D eigenvalue weighted by Crippen LogP contribution is 2.35. The van der Waals surface area contributed by atoms with Crippen LogP contribution in [-0.2, 0) is 0 Å². The minimum atomic E-state index is 0.353. The van der Waals surface area contributed by atoms with Gasteiger partial charge in [0.2, 0.25) is 0 Å². The van der Waals surface area contributed by atoms with Gasteiger partial charge in [0.25, 0.3) is 0 Å². The molecule has 1 saturated heterocycles. The number of para-hydroxylation sites is 1. The summed E-state index contributed by atoms with van der Waals surface area (Å²) < 4.78 is 0.353. The average Bonchev–Trinajstić information content (AvgIpc) is 2.43. The predicted molar refractivity (Wildman–Crippen MR) is 91.9 cm³/mol. The molecule has 1 aliphatic heterocycles. The van der Waals surface area contributed by atoms with E-state index in [2.05, 4.69) is 73.9 Å². The van der Waals surface area contributed by atoms with Crippen LogP contribution in [0.1, 0.15) is 45.7 Å². The minimum Gasteiger partial charge on any atom is -0.369 e. The van der Waals surface area contributed by atoms with Gasteiger partial charge in [-0.1, -0.05) is 25.1 Å². The first-order valence-corrected chi connectivity index (χ1v) is 8.73. The second-order valence-corrected chi connectivity index (χ2v) is 8.07. The lowest BCUT2D eigenvalue weighted by Gasteiger charge is -2.40. The normalized spacial score (nSPS) is 19.9. The molecule has 0 radical (unpaired) electrons. The molecule has 0 spiro atoms. The van der Waals surface area contributed by atoms with Crippen molar-refractivity contribution >= 4 is 17.4 Å². The van der Waals surface area contributed by atoms with Crippen LogP contribution in [0, 0.1) is 0 Å². The maximum atomic E-state index is 3.62. The van der Waals surface area contributed by atoms with E-state index in [1.165, 1.54) is 23.4 Å². The highest BCUT2D eigenvalue weighted by atomic mass is 32.2. The number of rotatable bonds is 5. The topological polar surface area (TPSA) is 15.3 Å². The van der Waals surface area contributed by atoms with Crippen molar-refractivity contribution in [2.24, 2.45) is 0 Å². The summed E-state index contributed by atoms with van der Waals surface area (Å²) in [6.07, 6.45) is 1.18. The standard InChI is InChI=1S/C17H28N2S/c1-5-10-18-14(2)15-8-6-7-9-16(15)19-11-12-20-17(3,4)13-19/h6-9,14,18H,5,10-13H2,1-4H3. The van der Waals surface area contributed by atoms with Crippen LogP contribution in [0.5, 0.6) is 0 Å². The predicted octanol–water partition coefficient (Wildman–Crippen LogP) is 4.08. The molecule has 112 valence electrons. The minimum absolute atomic E-state index is 0.353. The second kappa shape index (κ2) is 6.86. The number of hydrogen-bond acceptors (Lipinski definition) is 3. The highest BCUT2D eigenvalue weighted by Gasteiger charge is 2.28. The van der Waals surface area contributed by atoms with Gasteiger partial charge in [-0.05, 0) is 45.4 Å². The van der Waals surface area contributed by atoms with Gasteiger partial charge >= 0.3 is 0 Å². The van der Waals surface area contributed by atoms with Gasteiger partial charge in [-0.2, -0.15) is 11.8 Å². The van der Waals surface area contributed by atoms with E-state index < -0.39 is 0 Å². The molecule has 0 aromatic heterocycles. The second-order valence-electron chi connectivity index (χ2n) is 6.26. The van der Waals surface area contributed by atoms with E-state index in [1.54, 1.807) is 0 Å². The Kier molecular flexibility index (Phi) is 5.39. The summed E-state index contributed by atoms with van der Waals surface area (Å²) in [6, 6.07) is 9.31. The lowest BCUT2D eigenvalue weighted by Crippen LogP contribution is -2.43. The Bertz CT molecular complexity index is 431. The molecule has 1 aromatic carbocycles. The zero-order valence-corrected chi connectivity index (χ0v) is 14.1. The number of nitrogens with one attached hydrogen (secondary N) is 1. The highest BCUT2D eigenvalue weighted by molar-refractivity contribution is 8.00. The Morgan fingerprint density at radius 1 is 1.35 bits per heavy atom. The van der Waals surface area contributed by atoms with E-state index in [1.807, 2.05) is 0 Å². The molecular weight excluding hydrogens is 264 g/mol. The van der Waals surface area contributed by atoms with Gasteiger partial charge in [0.1, 0.15) is 0 Å². The quantitative estimate of drug-likeness (QED) is 0.880. The van der Waals surface area contributed by atoms with E-state index >= 15 is 0 Å². The van der Waals surface area contributed by atoms with Crippen LogP contribution in [0.3, 0.4) is 0 Å². The van der Waals surface area contributed by atoms with Gasteiger partial charge in [-0.25, -0.2) is 0 Å². The maximum Gasteiger partial charge on any atom is 0.0415 e. The van der Waals surface area contributed by atoms with Gasteiger partial charge in [0, 0.05) is 35.3 Å². The first kappa shape index (κ1) is 15.7. The van der Waals surface area contributed by atoms with Crippen LogP contribution in [0.4, 0.5) is 5.69 Å². The summed E-state index contributed by atoms with van der Waals surface area (Å²) >= 11 is 2.09. The Hall–Kier alpha value is -0.670. The summed E-state index contributed by atoms with van der Waals surface area (Å²) in [5, 5.41) is 3.62. The maximum absolute atomic E-state index is 3.62. The zero-order chi connectivity index (χ0) is 14.6. The molecule has 0 saturated carbocycles. The molecular formula is C17H28N2S. The van der Waals surface area contributed by atoms with Crippen LogP contribution in [-0.4, -0.2) is 30.1 Å². The third kappa shape index (κ3) is 3.92. The number of hydrogen-bond donors (Lipinski definition) is 1. The molecule has 2 nitrogen and oxygen atoms in total. The van der Waals surface area contributed by atoms with Crippen molar-refractivity contribution in [1.82, 2.24) is 5.32 Å². The zero-order valence-electron chi connectivity index (χ0n) is 13.3. The van der Waals surface area contributed by atoms with Crippen molar-refractivity contribution in [3.05, 3.63) is 29.8 Å². The van der Waals surface area contributed by atoms with Crippen LogP contribution < -0.4 is 10.2 Å². The summed E-state index contributed by atoms with van der Waals surface area (Å²) in [5.74, 6) is 1.22. The van der Waals surface area contributed by atoms with Gasteiger partial charge in [-0.15, -0.1) is 0 Å². The number of anilines is 1. The van der Waals surface area contributed by atoms with Crippen LogP contribution in [0.25, 0.3) is 0 Å². The average molecular weight is 292 g/mol. The van der Waals surface area contributed by atoms with E-state index in [9.17, 15) is 0 Å². The van der Waals surface area contributed by atoms with Gasteiger partial charge in [-0.3, -0.25) is 0 Å². The Morgan fingerprint density at radius 2 is 2.10 bits per heavy atom. The molecule has 1 unspecified atom stereocenters. The van der Waals surface area contributed by atoms with E-state index in [-0.39, 0.29) is 0 Å². The first-order chi connectivity index (χ1) is 9.53. The van der Waals surface area contributed by atoms with Crippen molar-refractivity contribution in [1.29, 1.82) is 0 Å². The molecule has 2 rings (SSSR count). The fraction of sp³-hybridized carbons (Fsp3) is 0.647. The lowest BCUT2D eigenvalue weighted by molar-refractivity contribution is 0.566. The molecule has 1 heterocycles. The summed E-state index contributed by atoms with van der Waals surface area (Å²) in [7, 11) is 0. The van der Waals surface area contributed by atoms with Crippen LogP contribution in [0.15, 0.2) is 24.3 Å². The van der Waals surface area contributed by atoms with Gasteiger partial charge in [0.05, 0.1) is 0 Å². The summed E-state index contributed by atoms with van der Waals surface area (Å²) in [5.41, 5.74) is 2.85. The molecule has 20 heavy (non-hydrogen) atoms. The molecule has 1 atom stereocenters. The molecule has 0 aliphatic carbocycles. The fourth-order valence-electron chi connectivity index (χ4n) is 2.83. The molecule has 0 bridgehead atoms. The van der Waals surface area contributed by atoms with E-state index in [0.717, 1.165) is 19.6 Å². The molecule has 1 aliphatic rings. The van der Waals surface area contributed by atoms with Crippen molar-refractivity contribution in [3.63, 3.8) is 0 Å². The molecule has 1 aromatic rings. The Labute approximate surface area is 128 Å². The monoisotopic (exact) mass is 292 g/mol. The van der Waals surface area contributed by atoms with Crippen molar-refractivity contribution in [3.8, 4) is 0 Å². The van der Waals surface area contributed by atoms with E-state index in [4.69, 9.17) is 0 Å². The van der Waals surface area contributed by atoms with Gasteiger partial charge < -0.3 is 10.2 Å². The van der Waals surface area contributed by atoms with Gasteiger partial charge in [0.15, 0.2) is 0 Å². The van der Waals surface area contributed by atoms with Crippen molar-refractivity contribution in [2.75, 3.05) is 30.3 Å². The lowest BCUT2D eigenvalue weighted by atomic mass is 10.0. The Morgan fingerprint density at radius 3 is 2.80 bits per heavy atom. The molecule has 3 heteroatoms. The fourth-order valence-corrected chi connectivity index (χ4v) is 3.95. The number of benzene rings is 1. The first-order valence-electron chi connectivity index (χ1n) is 7.75.